The Bertz CT molecular complexity index is 464. The summed E-state index contributed by atoms with van der Waals surface area (Å²) in [6.45, 7) is 5.82. The lowest BCUT2D eigenvalue weighted by Gasteiger charge is -2.28. The number of anilines is 1. The number of nitrogens with one attached hydrogen (secondary N) is 1. The van der Waals surface area contributed by atoms with Gasteiger partial charge in [-0.05, 0) is 25.0 Å². The number of hydrogen-bond acceptors (Lipinski definition) is 3. The molecule has 0 aromatic heterocycles. The van der Waals surface area contributed by atoms with E-state index in [1.54, 1.807) is 6.92 Å². The van der Waals surface area contributed by atoms with Crippen LogP contribution in [0.5, 0.6) is 0 Å². The molecule has 0 spiro atoms. The molecule has 1 atom stereocenters. The number of rotatable bonds is 5. The lowest BCUT2D eigenvalue weighted by atomic mass is 9.90. The van der Waals surface area contributed by atoms with Gasteiger partial charge in [0.2, 0.25) is 5.91 Å². The monoisotopic (exact) mass is 259 g/mol. The summed E-state index contributed by atoms with van der Waals surface area (Å²) in [6.07, 6.45) is 0. The van der Waals surface area contributed by atoms with E-state index in [1.807, 2.05) is 56.1 Å². The topological polar surface area (TPSA) is 56.1 Å². The molecule has 0 radical (unpaired) electrons. The highest BCUT2D eigenvalue weighted by atomic mass is 16.2. The van der Waals surface area contributed by atoms with Crippen molar-refractivity contribution in [3.05, 3.63) is 30.3 Å². The van der Waals surface area contributed by atoms with Gasteiger partial charge in [0.1, 0.15) is 5.54 Å². The van der Waals surface area contributed by atoms with Crippen LogP contribution < -0.4 is 10.2 Å². The Morgan fingerprint density at radius 1 is 1.42 bits per heavy atom. The minimum Gasteiger partial charge on any atom is -0.365 e. The summed E-state index contributed by atoms with van der Waals surface area (Å²) in [5, 5.41) is 12.0. The second-order valence-corrected chi connectivity index (χ2v) is 5.21. The van der Waals surface area contributed by atoms with E-state index in [0.717, 1.165) is 5.69 Å². The van der Waals surface area contributed by atoms with Gasteiger partial charge in [0.25, 0.3) is 0 Å². The van der Waals surface area contributed by atoms with Gasteiger partial charge in [-0.1, -0.05) is 32.0 Å². The van der Waals surface area contributed by atoms with Crippen LogP contribution in [0, 0.1) is 17.2 Å². The van der Waals surface area contributed by atoms with Gasteiger partial charge in [-0.15, -0.1) is 0 Å². The lowest BCUT2D eigenvalue weighted by Crippen LogP contribution is -2.51. The Balaban J connectivity index is 2.64. The van der Waals surface area contributed by atoms with Gasteiger partial charge >= 0.3 is 0 Å². The zero-order valence-electron chi connectivity index (χ0n) is 12.0. The van der Waals surface area contributed by atoms with Crippen LogP contribution in [0.15, 0.2) is 30.3 Å². The van der Waals surface area contributed by atoms with Crippen molar-refractivity contribution in [2.45, 2.75) is 26.3 Å². The summed E-state index contributed by atoms with van der Waals surface area (Å²) < 4.78 is 0. The number of nitriles is 1. The molecule has 0 aliphatic rings. The molecule has 19 heavy (non-hydrogen) atoms. The van der Waals surface area contributed by atoms with Crippen molar-refractivity contribution < 1.29 is 4.79 Å². The SMILES string of the molecule is CC(C)[C@@](C)(C#N)NC(=O)CN(C)c1ccccc1. The van der Waals surface area contributed by atoms with Crippen LogP contribution in [0.25, 0.3) is 0 Å². The Hall–Kier alpha value is -2.02. The minimum atomic E-state index is -0.825. The number of amides is 1. The number of likely N-dealkylation sites (N-methyl/N-ethyl adjacent to an activating group) is 1. The third kappa shape index (κ3) is 3.99. The van der Waals surface area contributed by atoms with Gasteiger partial charge in [-0.25, -0.2) is 0 Å². The molecule has 4 nitrogen and oxygen atoms in total. The number of carbonyl (C=O) groups is 1. The maximum atomic E-state index is 12.0. The fourth-order valence-electron chi connectivity index (χ4n) is 1.62. The third-order valence-electron chi connectivity index (χ3n) is 3.36. The van der Waals surface area contributed by atoms with Gasteiger partial charge in [0.05, 0.1) is 12.6 Å². The van der Waals surface area contributed by atoms with Gasteiger partial charge in [0.15, 0.2) is 0 Å². The maximum absolute atomic E-state index is 12.0. The summed E-state index contributed by atoms with van der Waals surface area (Å²) >= 11 is 0. The second-order valence-electron chi connectivity index (χ2n) is 5.21. The third-order valence-corrected chi connectivity index (χ3v) is 3.36. The first-order valence-corrected chi connectivity index (χ1v) is 6.37. The molecule has 0 saturated carbocycles. The largest absolute Gasteiger partial charge is 0.365 e. The Labute approximate surface area is 115 Å². The van der Waals surface area contributed by atoms with Crippen molar-refractivity contribution in [3.63, 3.8) is 0 Å². The van der Waals surface area contributed by atoms with E-state index in [2.05, 4.69) is 11.4 Å². The Kier molecular flexibility index (Phi) is 4.94. The molecule has 0 bridgehead atoms. The molecule has 1 rings (SSSR count). The molecule has 0 aliphatic carbocycles. The summed E-state index contributed by atoms with van der Waals surface area (Å²) in [5.41, 5.74) is 0.148. The van der Waals surface area contributed by atoms with E-state index in [4.69, 9.17) is 0 Å². The number of carbonyl (C=O) groups excluding carboxylic acids is 1. The predicted octanol–water partition coefficient (Wildman–Crippen LogP) is 2.18. The Morgan fingerprint density at radius 2 is 2.00 bits per heavy atom. The van der Waals surface area contributed by atoms with Crippen LogP contribution in [-0.2, 0) is 4.79 Å². The van der Waals surface area contributed by atoms with Gasteiger partial charge in [-0.3, -0.25) is 4.79 Å². The number of hydrogen-bond donors (Lipinski definition) is 1. The van der Waals surface area contributed by atoms with Crippen molar-refractivity contribution in [3.8, 4) is 6.07 Å². The molecule has 1 amide bonds. The smallest absolute Gasteiger partial charge is 0.240 e. The zero-order valence-corrected chi connectivity index (χ0v) is 12.0. The fourth-order valence-corrected chi connectivity index (χ4v) is 1.62. The summed E-state index contributed by atoms with van der Waals surface area (Å²) in [5.74, 6) is -0.0902. The van der Waals surface area contributed by atoms with Crippen LogP contribution in [-0.4, -0.2) is 25.0 Å². The van der Waals surface area contributed by atoms with E-state index >= 15 is 0 Å². The summed E-state index contributed by atoms with van der Waals surface area (Å²) in [6, 6.07) is 11.8. The molecule has 1 aromatic carbocycles. The average molecular weight is 259 g/mol. The lowest BCUT2D eigenvalue weighted by molar-refractivity contribution is -0.121. The molecule has 0 saturated heterocycles. The van der Waals surface area contributed by atoms with E-state index in [1.165, 1.54) is 0 Å². The van der Waals surface area contributed by atoms with Crippen molar-refractivity contribution in [1.82, 2.24) is 5.32 Å². The first-order chi connectivity index (χ1) is 8.89. The van der Waals surface area contributed by atoms with Crippen LogP contribution in [0.3, 0.4) is 0 Å². The van der Waals surface area contributed by atoms with Crippen LogP contribution in [0.1, 0.15) is 20.8 Å². The normalized spacial score (nSPS) is 13.5. The van der Waals surface area contributed by atoms with Crippen molar-refractivity contribution >= 4 is 11.6 Å². The molecular weight excluding hydrogens is 238 g/mol. The highest BCUT2D eigenvalue weighted by Crippen LogP contribution is 2.15. The summed E-state index contributed by atoms with van der Waals surface area (Å²) in [4.78, 5) is 13.9. The Morgan fingerprint density at radius 3 is 2.47 bits per heavy atom. The number of nitrogens with zero attached hydrogens (tertiary/aromatic N) is 2. The predicted molar refractivity (Wildman–Crippen MR) is 76.7 cm³/mol. The molecule has 4 heteroatoms. The molecular formula is C15H21N3O. The summed E-state index contributed by atoms with van der Waals surface area (Å²) in [7, 11) is 1.86. The zero-order chi connectivity index (χ0) is 14.5. The van der Waals surface area contributed by atoms with Gasteiger partial charge < -0.3 is 10.2 Å². The molecule has 0 fully saturated rings. The van der Waals surface area contributed by atoms with Crippen LogP contribution >= 0.6 is 0 Å². The van der Waals surface area contributed by atoms with Crippen molar-refractivity contribution in [1.29, 1.82) is 5.26 Å². The maximum Gasteiger partial charge on any atom is 0.240 e. The van der Waals surface area contributed by atoms with Crippen LogP contribution in [0.4, 0.5) is 5.69 Å². The van der Waals surface area contributed by atoms with Crippen molar-refractivity contribution in [2.75, 3.05) is 18.5 Å². The first kappa shape index (κ1) is 15.0. The fraction of sp³-hybridized carbons (Fsp3) is 0.467. The highest BCUT2D eigenvalue weighted by molar-refractivity contribution is 5.82. The van der Waals surface area contributed by atoms with E-state index in [-0.39, 0.29) is 18.4 Å². The molecule has 102 valence electrons. The molecule has 0 aliphatic heterocycles. The van der Waals surface area contributed by atoms with E-state index < -0.39 is 5.54 Å². The standard InChI is InChI=1S/C15H21N3O/c1-12(2)15(3,11-16)17-14(19)10-18(4)13-8-6-5-7-9-13/h5-9,12H,10H2,1-4H3,(H,17,19)/t15-/m1/s1. The minimum absolute atomic E-state index is 0.0588. The quantitative estimate of drug-likeness (QED) is 0.881. The number of para-hydroxylation sites is 1. The molecule has 1 aromatic rings. The highest BCUT2D eigenvalue weighted by Gasteiger charge is 2.30. The van der Waals surface area contributed by atoms with Gasteiger partial charge in [0, 0.05) is 12.7 Å². The molecule has 1 N–H and O–H groups in total. The van der Waals surface area contributed by atoms with E-state index in [0.29, 0.717) is 0 Å². The average Bonchev–Trinajstić information content (AvgIpc) is 2.39. The van der Waals surface area contributed by atoms with Crippen molar-refractivity contribution in [2.24, 2.45) is 5.92 Å². The van der Waals surface area contributed by atoms with E-state index in [9.17, 15) is 10.1 Å². The molecule has 0 unspecified atom stereocenters. The number of benzene rings is 1. The van der Waals surface area contributed by atoms with Crippen LogP contribution in [0.2, 0.25) is 0 Å². The van der Waals surface area contributed by atoms with Gasteiger partial charge in [-0.2, -0.15) is 5.26 Å². The first-order valence-electron chi connectivity index (χ1n) is 6.37. The second kappa shape index (κ2) is 6.24. The molecule has 0 heterocycles.